The molecule has 7 heterocycles. The first kappa shape index (κ1) is 15.8. The minimum absolute atomic E-state index is 1.03. The highest BCUT2D eigenvalue weighted by molar-refractivity contribution is 7.33. The van der Waals surface area contributed by atoms with Crippen LogP contribution in [0.3, 0.4) is 0 Å². The number of hydrogen-bond acceptors (Lipinski definition) is 7. The number of H-pyrrole nitrogens is 2. The molecule has 2 N–H and O–H groups in total. The molecule has 7 aromatic heterocycles. The molecule has 0 radical (unpaired) electrons. The summed E-state index contributed by atoms with van der Waals surface area (Å²) in [4.78, 5) is 7.56. The van der Waals surface area contributed by atoms with E-state index in [1.54, 1.807) is 0 Å². The molecule has 0 aliphatic carbocycles. The number of nitrogens with one attached hydrogen (secondary N) is 2. The van der Waals surface area contributed by atoms with Gasteiger partial charge in [-0.3, -0.25) is 0 Å². The van der Waals surface area contributed by atoms with Crippen LogP contribution in [0.5, 0.6) is 0 Å². The number of thiophene rings is 4. The summed E-state index contributed by atoms with van der Waals surface area (Å²) in [6.45, 7) is 4.39. The van der Waals surface area contributed by atoms with Crippen LogP contribution < -0.4 is 0 Å². The third-order valence-electron chi connectivity index (χ3n) is 5.82. The third-order valence-corrected chi connectivity index (χ3v) is 11.5. The summed E-state index contributed by atoms with van der Waals surface area (Å²) in [5.74, 6) is 0. The molecular formula is C20H10N4S5. The van der Waals surface area contributed by atoms with Crippen molar-refractivity contribution in [3.05, 3.63) is 21.9 Å². The maximum atomic E-state index is 4.76. The normalized spacial score (nSPS) is 13.2. The van der Waals surface area contributed by atoms with Crippen LogP contribution >= 0.6 is 57.1 Å². The van der Waals surface area contributed by atoms with E-state index >= 15 is 0 Å². The van der Waals surface area contributed by atoms with Crippen molar-refractivity contribution < 1.29 is 0 Å². The quantitative estimate of drug-likeness (QED) is 0.237. The monoisotopic (exact) mass is 466 g/mol. The number of fused-ring (bicyclic) bond motifs is 14. The Kier molecular flexibility index (Phi) is 2.71. The van der Waals surface area contributed by atoms with E-state index < -0.39 is 0 Å². The van der Waals surface area contributed by atoms with Crippen LogP contribution in [0.15, 0.2) is 10.8 Å². The van der Waals surface area contributed by atoms with Gasteiger partial charge in [0.25, 0.3) is 0 Å². The predicted octanol–water partition coefficient (Wildman–Crippen LogP) is 8.13. The second-order valence-corrected chi connectivity index (χ2v) is 11.8. The summed E-state index contributed by atoms with van der Waals surface area (Å²) in [7, 11) is 0. The molecule has 1 aromatic carbocycles. The molecule has 0 amide bonds. The fraction of sp³-hybridized carbons (Fsp3) is 0.100. The van der Waals surface area contributed by atoms with Gasteiger partial charge in [0.15, 0.2) is 0 Å². The van der Waals surface area contributed by atoms with E-state index in [1.165, 1.54) is 83.9 Å². The predicted molar refractivity (Wildman–Crippen MR) is 132 cm³/mol. The molecular weight excluding hydrogens is 457 g/mol. The van der Waals surface area contributed by atoms with Crippen molar-refractivity contribution in [2.45, 2.75) is 13.8 Å². The zero-order valence-electron chi connectivity index (χ0n) is 15.1. The average Bonchev–Trinajstić information content (AvgIpc) is 3.48. The molecule has 4 nitrogen and oxygen atoms in total. The van der Waals surface area contributed by atoms with E-state index in [9.17, 15) is 0 Å². The van der Waals surface area contributed by atoms with Crippen molar-refractivity contribution in [1.29, 1.82) is 0 Å². The van der Waals surface area contributed by atoms with Gasteiger partial charge in [0.05, 0.1) is 62.0 Å². The Balaban J connectivity index is 1.70. The first-order valence-corrected chi connectivity index (χ1v) is 13.2. The molecule has 29 heavy (non-hydrogen) atoms. The van der Waals surface area contributed by atoms with Crippen LogP contribution in [-0.4, -0.2) is 18.7 Å². The van der Waals surface area contributed by atoms with Gasteiger partial charge >= 0.3 is 0 Å². The number of hydrogen-bond donors (Lipinski definition) is 2. The summed E-state index contributed by atoms with van der Waals surface area (Å²) in [5, 5.41) is 6.94. The van der Waals surface area contributed by atoms with Gasteiger partial charge in [-0.15, -0.1) is 45.3 Å². The van der Waals surface area contributed by atoms with Gasteiger partial charge in [0.2, 0.25) is 0 Å². The van der Waals surface area contributed by atoms with E-state index in [-0.39, 0.29) is 0 Å². The molecule has 0 fully saturated rings. The largest absolute Gasteiger partial charge is 0.351 e. The van der Waals surface area contributed by atoms with Crippen molar-refractivity contribution >= 4 is 129 Å². The molecule has 8 rings (SSSR count). The molecule has 8 aromatic rings. The Morgan fingerprint density at radius 3 is 1.59 bits per heavy atom. The molecule has 0 saturated carbocycles. The molecule has 0 saturated heterocycles. The van der Waals surface area contributed by atoms with E-state index in [0.29, 0.717) is 0 Å². The van der Waals surface area contributed by atoms with Crippen LogP contribution in [-0.2, 0) is 0 Å². The van der Waals surface area contributed by atoms with Gasteiger partial charge in [-0.1, -0.05) is 0 Å². The molecule has 0 atom stereocenters. The second-order valence-electron chi connectivity index (χ2n) is 7.48. The number of aryl methyl sites for hydroxylation is 2. The highest BCUT2D eigenvalue weighted by Crippen LogP contribution is 2.50. The lowest BCUT2D eigenvalue weighted by atomic mass is 10.1. The number of rotatable bonds is 0. The lowest BCUT2D eigenvalue weighted by Crippen LogP contribution is -1.78. The fourth-order valence-electron chi connectivity index (χ4n) is 4.50. The van der Waals surface area contributed by atoms with Crippen LogP contribution in [0.4, 0.5) is 0 Å². The Morgan fingerprint density at radius 1 is 0.621 bits per heavy atom. The van der Waals surface area contributed by atoms with E-state index in [1.807, 2.05) is 45.3 Å². The zero-order valence-corrected chi connectivity index (χ0v) is 19.2. The molecule has 0 unspecified atom stereocenters. The maximum absolute atomic E-state index is 4.76. The van der Waals surface area contributed by atoms with E-state index in [2.05, 4.69) is 34.6 Å². The molecule has 0 aliphatic rings. The summed E-state index contributed by atoms with van der Waals surface area (Å²) < 4.78 is 17.6. The highest BCUT2D eigenvalue weighted by atomic mass is 32.1. The number of aromatic nitrogens is 4. The SMILES string of the molecule is Cc1csc2c1sc1c2[nH]c2c3[nH]c4c5scc(C)c5sc4c3c3nsnc3c21. The van der Waals surface area contributed by atoms with Gasteiger partial charge in [-0.25, -0.2) is 0 Å². The van der Waals surface area contributed by atoms with Crippen LogP contribution in [0.25, 0.3) is 72.1 Å². The Morgan fingerprint density at radius 2 is 1.10 bits per heavy atom. The van der Waals surface area contributed by atoms with Crippen LogP contribution in [0.1, 0.15) is 11.1 Å². The number of aromatic amines is 2. The molecule has 9 heteroatoms. The average molecular weight is 467 g/mol. The first-order valence-electron chi connectivity index (χ1n) is 9.09. The van der Waals surface area contributed by atoms with Crippen molar-refractivity contribution in [3.8, 4) is 0 Å². The molecule has 0 bridgehead atoms. The van der Waals surface area contributed by atoms with Crippen LogP contribution in [0, 0.1) is 13.8 Å². The van der Waals surface area contributed by atoms with Crippen LogP contribution in [0.2, 0.25) is 0 Å². The third kappa shape index (κ3) is 1.69. The Labute approximate surface area is 182 Å². The summed E-state index contributed by atoms with van der Waals surface area (Å²) >= 11 is 8.73. The second kappa shape index (κ2) is 4.98. The van der Waals surface area contributed by atoms with Crippen molar-refractivity contribution in [3.63, 3.8) is 0 Å². The summed E-state index contributed by atoms with van der Waals surface area (Å²) in [5.41, 5.74) is 9.60. The molecule has 0 aliphatic heterocycles. The van der Waals surface area contributed by atoms with E-state index in [0.717, 1.165) is 11.0 Å². The highest BCUT2D eigenvalue weighted by Gasteiger charge is 2.25. The summed E-state index contributed by atoms with van der Waals surface area (Å²) in [6.07, 6.45) is 0. The lowest BCUT2D eigenvalue weighted by Gasteiger charge is -1.97. The topological polar surface area (TPSA) is 57.4 Å². The standard InChI is InChI=1S/C20H10N4S5/c1-5-3-25-19-13-17(27-15(5)19)7-9(21-13)10-8(12-11(7)23-29-24-12)18-14(22-10)20-16(28-18)6(2)4-26-20/h3-4,21-22H,1-2H3. The minimum atomic E-state index is 1.03. The number of nitrogens with zero attached hydrogens (tertiary/aromatic N) is 2. The first-order chi connectivity index (χ1) is 14.2. The number of benzene rings is 1. The molecule has 0 spiro atoms. The van der Waals surface area contributed by atoms with Gasteiger partial charge in [-0.2, -0.15) is 8.75 Å². The minimum Gasteiger partial charge on any atom is -0.351 e. The van der Waals surface area contributed by atoms with Gasteiger partial charge < -0.3 is 9.97 Å². The Bertz CT molecular complexity index is 1800. The van der Waals surface area contributed by atoms with E-state index in [4.69, 9.17) is 8.75 Å². The van der Waals surface area contributed by atoms with Gasteiger partial charge in [0, 0.05) is 10.8 Å². The smallest absolute Gasteiger partial charge is 0.116 e. The fourth-order valence-corrected chi connectivity index (χ4v) is 10.1. The van der Waals surface area contributed by atoms with Gasteiger partial charge in [-0.05, 0) is 35.7 Å². The zero-order chi connectivity index (χ0) is 19.0. The summed E-state index contributed by atoms with van der Waals surface area (Å²) in [6, 6.07) is 0. The lowest BCUT2D eigenvalue weighted by molar-refractivity contribution is 1.54. The van der Waals surface area contributed by atoms with Crippen molar-refractivity contribution in [2.24, 2.45) is 0 Å². The van der Waals surface area contributed by atoms with Gasteiger partial charge in [0.1, 0.15) is 11.0 Å². The maximum Gasteiger partial charge on any atom is 0.116 e. The van der Waals surface area contributed by atoms with Crippen molar-refractivity contribution in [2.75, 3.05) is 0 Å². The Hall–Kier alpha value is -2.04. The van der Waals surface area contributed by atoms with Crippen molar-refractivity contribution in [1.82, 2.24) is 18.7 Å². The molecule has 140 valence electrons.